The summed E-state index contributed by atoms with van der Waals surface area (Å²) >= 11 is 0. The zero-order valence-corrected chi connectivity index (χ0v) is 22.4. The molecule has 2 unspecified atom stereocenters. The number of alkyl halides is 3. The van der Waals surface area contributed by atoms with E-state index in [0.29, 0.717) is 19.6 Å². The largest absolute Gasteiger partial charge is 0.462 e. The van der Waals surface area contributed by atoms with Gasteiger partial charge < -0.3 is 9.84 Å². The molecular weight excluding hydrogens is 507 g/mol. The summed E-state index contributed by atoms with van der Waals surface area (Å²) in [5, 5.41) is 9.91. The van der Waals surface area contributed by atoms with Crippen molar-refractivity contribution in [2.75, 3.05) is 19.6 Å². The normalized spacial score (nSPS) is 18.6. The Balaban J connectivity index is 1.45. The van der Waals surface area contributed by atoms with Crippen LogP contribution in [0.15, 0.2) is 73.1 Å². The summed E-state index contributed by atoms with van der Waals surface area (Å²) in [6.07, 6.45) is -1.44. The number of piperazine rings is 1. The molecule has 1 aliphatic rings. The molecule has 2 aromatic carbocycles. The lowest BCUT2D eigenvalue weighted by molar-refractivity contribution is -0.258. The van der Waals surface area contributed by atoms with E-state index >= 15 is 0 Å². The number of rotatable bonds is 8. The summed E-state index contributed by atoms with van der Waals surface area (Å²) in [7, 11) is 0. The minimum absolute atomic E-state index is 0.208. The monoisotopic (exact) mass is 541 g/mol. The smallest absolute Gasteiger partial charge is 0.421 e. The minimum Gasteiger partial charge on any atom is -0.462 e. The predicted octanol–water partition coefficient (Wildman–Crippen LogP) is 5.16. The van der Waals surface area contributed by atoms with Gasteiger partial charge in [-0.1, -0.05) is 48.5 Å². The van der Waals surface area contributed by atoms with E-state index in [0.717, 1.165) is 42.3 Å². The number of carbonyl (C=O) groups excluding carboxylic acids is 1. The first-order valence-corrected chi connectivity index (χ1v) is 13.0. The van der Waals surface area contributed by atoms with Crippen LogP contribution < -0.4 is 0 Å². The maximum atomic E-state index is 13.2. The Morgan fingerprint density at radius 1 is 0.949 bits per heavy atom. The van der Waals surface area contributed by atoms with E-state index in [2.05, 4.69) is 14.8 Å². The number of ether oxygens (including phenoxy) is 1. The number of hydrogen-bond acceptors (Lipinski definition) is 6. The highest BCUT2D eigenvalue weighted by atomic mass is 19.4. The summed E-state index contributed by atoms with van der Waals surface area (Å²) in [5.74, 6) is -0.240. The molecule has 0 aliphatic carbocycles. The van der Waals surface area contributed by atoms with Crippen molar-refractivity contribution in [2.45, 2.75) is 57.8 Å². The Bertz CT molecular complexity index is 1230. The molecule has 39 heavy (non-hydrogen) atoms. The maximum Gasteiger partial charge on any atom is 0.421 e. The van der Waals surface area contributed by atoms with Crippen LogP contribution in [0.4, 0.5) is 13.2 Å². The van der Waals surface area contributed by atoms with E-state index in [1.165, 1.54) is 12.1 Å². The van der Waals surface area contributed by atoms with Crippen LogP contribution in [0.2, 0.25) is 0 Å². The van der Waals surface area contributed by atoms with E-state index < -0.39 is 17.8 Å². The van der Waals surface area contributed by atoms with Gasteiger partial charge in [0.1, 0.15) is 6.04 Å². The van der Waals surface area contributed by atoms with Gasteiger partial charge in [-0.2, -0.15) is 13.2 Å². The van der Waals surface area contributed by atoms with E-state index in [1.54, 1.807) is 24.5 Å². The van der Waals surface area contributed by atoms with Crippen LogP contribution in [0.25, 0.3) is 11.1 Å². The van der Waals surface area contributed by atoms with Crippen molar-refractivity contribution in [1.29, 1.82) is 0 Å². The van der Waals surface area contributed by atoms with Gasteiger partial charge in [-0.3, -0.25) is 19.6 Å². The molecule has 6 nitrogen and oxygen atoms in total. The number of aliphatic hydroxyl groups is 1. The Morgan fingerprint density at radius 3 is 2.08 bits per heavy atom. The van der Waals surface area contributed by atoms with Crippen molar-refractivity contribution >= 4 is 5.97 Å². The highest BCUT2D eigenvalue weighted by Crippen LogP contribution is 2.39. The van der Waals surface area contributed by atoms with Gasteiger partial charge in [0.05, 0.1) is 6.10 Å². The zero-order valence-electron chi connectivity index (χ0n) is 22.4. The lowest BCUT2D eigenvalue weighted by Crippen LogP contribution is -2.56. The molecule has 0 spiro atoms. The molecule has 208 valence electrons. The lowest BCUT2D eigenvalue weighted by atomic mass is 9.93. The molecule has 2 atom stereocenters. The number of halogens is 3. The molecular formula is C30H34F3N3O3. The highest BCUT2D eigenvalue weighted by molar-refractivity contribution is 5.76. The van der Waals surface area contributed by atoms with Crippen LogP contribution in [0.5, 0.6) is 0 Å². The van der Waals surface area contributed by atoms with Crippen molar-refractivity contribution in [3.63, 3.8) is 0 Å². The van der Waals surface area contributed by atoms with Crippen molar-refractivity contribution in [2.24, 2.45) is 0 Å². The van der Waals surface area contributed by atoms with Crippen LogP contribution in [0.1, 0.15) is 37.5 Å². The third-order valence-electron chi connectivity index (χ3n) is 7.03. The van der Waals surface area contributed by atoms with Crippen LogP contribution >= 0.6 is 0 Å². The van der Waals surface area contributed by atoms with E-state index in [-0.39, 0.29) is 17.6 Å². The first-order valence-electron chi connectivity index (χ1n) is 13.0. The van der Waals surface area contributed by atoms with E-state index in [4.69, 9.17) is 4.74 Å². The number of carbonyl (C=O) groups is 1. The summed E-state index contributed by atoms with van der Waals surface area (Å²) in [6.45, 7) is 7.79. The SMILES string of the molecule is CC(C)OC(=O)C1CN(Cc2ccncc2)CCN1Cc1ccc(-c2ccc(C(C)(O)C(F)(F)F)cc2)cc1. The topological polar surface area (TPSA) is 65.9 Å². The Morgan fingerprint density at radius 2 is 1.51 bits per heavy atom. The molecule has 0 saturated carbocycles. The van der Waals surface area contributed by atoms with Gasteiger partial charge in [-0.15, -0.1) is 0 Å². The van der Waals surface area contributed by atoms with E-state index in [9.17, 15) is 23.1 Å². The van der Waals surface area contributed by atoms with Crippen LogP contribution in [-0.2, 0) is 28.2 Å². The molecule has 1 fully saturated rings. The van der Waals surface area contributed by atoms with Gasteiger partial charge >= 0.3 is 12.1 Å². The molecule has 1 N–H and O–H groups in total. The lowest BCUT2D eigenvalue weighted by Gasteiger charge is -2.40. The molecule has 3 aromatic rings. The summed E-state index contributed by atoms with van der Waals surface area (Å²) < 4.78 is 45.0. The molecule has 9 heteroatoms. The molecule has 2 heterocycles. The Kier molecular flexibility index (Phi) is 8.73. The van der Waals surface area contributed by atoms with Crippen molar-refractivity contribution in [3.05, 3.63) is 89.7 Å². The molecule has 1 aliphatic heterocycles. The zero-order chi connectivity index (χ0) is 28.2. The Labute approximate surface area is 227 Å². The van der Waals surface area contributed by atoms with Gasteiger partial charge in [-0.05, 0) is 60.7 Å². The molecule has 4 rings (SSSR count). The van der Waals surface area contributed by atoms with Crippen molar-refractivity contribution < 1.29 is 27.8 Å². The fourth-order valence-electron chi connectivity index (χ4n) is 4.68. The third kappa shape index (κ3) is 7.03. The second-order valence-electron chi connectivity index (χ2n) is 10.4. The van der Waals surface area contributed by atoms with Gasteiger partial charge in [0, 0.05) is 45.1 Å². The molecule has 0 radical (unpaired) electrons. The molecule has 1 aromatic heterocycles. The van der Waals surface area contributed by atoms with E-state index in [1.807, 2.05) is 50.2 Å². The van der Waals surface area contributed by atoms with Crippen molar-refractivity contribution in [3.8, 4) is 11.1 Å². The van der Waals surface area contributed by atoms with Crippen molar-refractivity contribution in [1.82, 2.24) is 14.8 Å². The van der Waals surface area contributed by atoms with Gasteiger partial charge in [0.15, 0.2) is 5.60 Å². The number of pyridine rings is 1. The first-order chi connectivity index (χ1) is 18.4. The van der Waals surface area contributed by atoms with Gasteiger partial charge in [0.25, 0.3) is 0 Å². The van der Waals surface area contributed by atoms with Crippen LogP contribution in [0.3, 0.4) is 0 Å². The van der Waals surface area contributed by atoms with Crippen LogP contribution in [0, 0.1) is 0 Å². The second kappa shape index (κ2) is 11.9. The second-order valence-corrected chi connectivity index (χ2v) is 10.4. The Hall–Kier alpha value is -3.27. The number of aromatic nitrogens is 1. The fourth-order valence-corrected chi connectivity index (χ4v) is 4.68. The standard InChI is InChI=1S/C30H34F3N3O3/c1-21(2)39-28(37)27-20-35(18-23-12-14-34-15-13-23)16-17-36(27)19-22-4-6-24(7-5-22)25-8-10-26(11-9-25)29(3,38)30(31,32)33/h4-15,21,27,38H,16-20H2,1-3H3. The van der Waals surface area contributed by atoms with Gasteiger partial charge in [0.2, 0.25) is 0 Å². The summed E-state index contributed by atoms with van der Waals surface area (Å²) in [4.78, 5) is 21.5. The molecule has 0 amide bonds. The van der Waals surface area contributed by atoms with Gasteiger partial charge in [-0.25, -0.2) is 0 Å². The highest BCUT2D eigenvalue weighted by Gasteiger charge is 2.51. The summed E-state index contributed by atoms with van der Waals surface area (Å²) in [6, 6.07) is 17.0. The first kappa shape index (κ1) is 28.7. The third-order valence-corrected chi connectivity index (χ3v) is 7.03. The number of hydrogen-bond donors (Lipinski definition) is 1. The van der Waals surface area contributed by atoms with Crippen LogP contribution in [-0.4, -0.2) is 63.8 Å². The average Bonchev–Trinajstić information content (AvgIpc) is 2.89. The predicted molar refractivity (Wildman–Crippen MR) is 142 cm³/mol. The molecule has 1 saturated heterocycles. The number of benzene rings is 2. The maximum absolute atomic E-state index is 13.2. The number of nitrogens with zero attached hydrogens (tertiary/aromatic N) is 3. The minimum atomic E-state index is -4.76. The molecule has 0 bridgehead atoms. The fraction of sp³-hybridized carbons (Fsp3) is 0.400. The summed E-state index contributed by atoms with van der Waals surface area (Å²) in [5.41, 5.74) is 0.616. The number of esters is 1. The quantitative estimate of drug-likeness (QED) is 0.398. The average molecular weight is 542 g/mol.